The van der Waals surface area contributed by atoms with Gasteiger partial charge < -0.3 is 60.3 Å². The summed E-state index contributed by atoms with van der Waals surface area (Å²) < 4.78 is 42.7. The average molecular weight is 1660 g/mol. The van der Waals surface area contributed by atoms with Gasteiger partial charge in [-0.15, -0.1) is 0 Å². The van der Waals surface area contributed by atoms with Crippen LogP contribution in [0.3, 0.4) is 0 Å². The molecule has 24 nitrogen and oxygen atoms in total. The first-order chi connectivity index (χ1) is 60.9. The second kappa shape index (κ2) is 37.7. The van der Waals surface area contributed by atoms with E-state index >= 15 is 0 Å². The molecule has 0 aromatic heterocycles. The highest BCUT2D eigenvalue weighted by molar-refractivity contribution is 5.63. The number of benzene rings is 7. The Hall–Kier alpha value is -17.1. The van der Waals surface area contributed by atoms with Crippen LogP contribution in [0.2, 0.25) is 0 Å². The Labute approximate surface area is 732 Å². The first-order valence-corrected chi connectivity index (χ1v) is 40.4. The summed E-state index contributed by atoms with van der Waals surface area (Å²) >= 11 is 0. The number of nitrogens with one attached hydrogen (secondary N) is 6. The maximum Gasteiger partial charge on any atom is 0.119 e. The normalized spacial score (nSPS) is 16.0. The third-order valence-corrected chi connectivity index (χ3v) is 23.8. The number of dihydropyridines is 6. The van der Waals surface area contributed by atoms with Gasteiger partial charge in [-0.05, 0) is 189 Å². The fourth-order valence-electron chi connectivity index (χ4n) is 17.4. The molecule has 6 aliphatic rings. The van der Waals surface area contributed by atoms with Crippen molar-refractivity contribution >= 4 is 0 Å². The Bertz CT molecular complexity index is 5400. The molecule has 0 unspecified atom stereocenters. The van der Waals surface area contributed by atoms with Gasteiger partial charge in [-0.3, -0.25) is 0 Å². The van der Waals surface area contributed by atoms with Gasteiger partial charge in [0, 0.05) is 102 Å². The highest BCUT2D eigenvalue weighted by Gasteiger charge is 2.37. The van der Waals surface area contributed by atoms with Crippen molar-refractivity contribution in [3.05, 3.63) is 348 Å². The first-order valence-electron chi connectivity index (χ1n) is 40.4. The van der Waals surface area contributed by atoms with Crippen LogP contribution in [0.1, 0.15) is 185 Å². The third kappa shape index (κ3) is 17.1. The van der Waals surface area contributed by atoms with Crippen molar-refractivity contribution in [3.8, 4) is 107 Å². The Morgan fingerprint density at radius 3 is 0.357 bits per heavy atom. The van der Waals surface area contributed by atoms with Crippen molar-refractivity contribution in [2.75, 3.05) is 0 Å². The van der Waals surface area contributed by atoms with Gasteiger partial charge in [0.05, 0.1) is 175 Å². The molecule has 618 valence electrons. The molecule has 13 rings (SSSR count). The number of allylic oxidation sites excluding steroid dienone is 24. The molecule has 0 saturated carbocycles. The Morgan fingerprint density at radius 2 is 0.270 bits per heavy atom. The van der Waals surface area contributed by atoms with Crippen molar-refractivity contribution in [3.63, 3.8) is 0 Å². The van der Waals surface area contributed by atoms with Gasteiger partial charge in [0.1, 0.15) is 74.1 Å². The van der Waals surface area contributed by atoms with Crippen LogP contribution in [0.5, 0.6) is 34.5 Å². The summed E-state index contributed by atoms with van der Waals surface area (Å²) in [4.78, 5) is 0. The van der Waals surface area contributed by atoms with Gasteiger partial charge in [0.25, 0.3) is 0 Å². The summed E-state index contributed by atoms with van der Waals surface area (Å²) in [5.74, 6) is -1.93. The molecule has 0 saturated heterocycles. The SMILES string of the molecule is CC1=C(C#N)C(c2ccc(OCc3c(COc4ccc(C5C(C#N)=C(C)NC(C)=C5C#N)cc4)c(COc4ccc(C5C(C#N)=C(C)NC(C)=C5C#N)cc4)c(COc4ccc(C5C(C#N)=C(C)NC(C)=C5C#N)cc4)c(COc4ccc(C5C(C#N)=C(C)NC(C)=C5C#N)cc4)c3COc3ccc(C4C(C#N)=C(C)NC(C)=C4C#N)cc3)cc2)C(C#N)=C(C)N1. The van der Waals surface area contributed by atoms with Crippen molar-refractivity contribution in [2.45, 2.75) is 158 Å². The van der Waals surface area contributed by atoms with Gasteiger partial charge >= 0.3 is 0 Å². The molecule has 0 amide bonds. The van der Waals surface area contributed by atoms with E-state index in [9.17, 15) is 63.1 Å². The molecule has 6 aliphatic heterocycles. The molecule has 0 bridgehead atoms. The van der Waals surface area contributed by atoms with E-state index in [1.165, 1.54) is 0 Å². The lowest BCUT2D eigenvalue weighted by Gasteiger charge is -2.28. The number of nitriles is 12. The van der Waals surface area contributed by atoms with Gasteiger partial charge in [-0.2, -0.15) is 63.1 Å². The Morgan fingerprint density at radius 1 is 0.175 bits per heavy atom. The van der Waals surface area contributed by atoms with E-state index in [1.807, 2.05) is 72.8 Å². The lowest BCUT2D eigenvalue weighted by Crippen LogP contribution is -2.23. The van der Waals surface area contributed by atoms with Crippen molar-refractivity contribution in [1.82, 2.24) is 31.9 Å². The molecule has 24 heteroatoms. The van der Waals surface area contributed by atoms with Crippen LogP contribution in [0.25, 0.3) is 0 Å². The average Bonchev–Trinajstić information content (AvgIpc) is 0.753. The van der Waals surface area contributed by atoms with Crippen LogP contribution < -0.4 is 60.3 Å². The summed E-state index contributed by atoms with van der Waals surface area (Å²) in [5.41, 5.74) is 18.9. The van der Waals surface area contributed by atoms with Gasteiger partial charge in [0.15, 0.2) is 0 Å². The zero-order chi connectivity index (χ0) is 89.9. The van der Waals surface area contributed by atoms with E-state index in [0.29, 0.717) is 237 Å². The fourth-order valence-corrected chi connectivity index (χ4v) is 17.4. The summed E-state index contributed by atoms with van der Waals surface area (Å²) in [7, 11) is 0. The number of ether oxygens (including phenoxy) is 6. The van der Waals surface area contributed by atoms with E-state index in [0.717, 1.165) is 0 Å². The summed E-state index contributed by atoms with van der Waals surface area (Å²) in [6.07, 6.45) is 0. The van der Waals surface area contributed by atoms with Crippen LogP contribution in [-0.2, 0) is 39.6 Å². The molecule has 7 aromatic carbocycles. The van der Waals surface area contributed by atoms with Crippen LogP contribution >= 0.6 is 0 Å². The minimum absolute atomic E-state index is 0.230. The lowest BCUT2D eigenvalue weighted by molar-refractivity contribution is 0.249. The molecule has 6 heterocycles. The molecule has 6 N–H and O–H groups in total. The van der Waals surface area contributed by atoms with Crippen LogP contribution in [0.4, 0.5) is 0 Å². The number of hydrogen-bond donors (Lipinski definition) is 6. The maximum absolute atomic E-state index is 10.6. The molecule has 0 aliphatic carbocycles. The van der Waals surface area contributed by atoms with Gasteiger partial charge in [0.2, 0.25) is 0 Å². The standard InChI is InChI=1S/C102H84N18O6/c1-55-79(37-103)97(80(38-104)56(2)115-55)67-13-25-73(26-14-67)121-49-91-92(50-122-74-27-15-68(16-28-74)98-81(39-105)57(3)116-58(4)82(98)40-106)94(52-124-76-31-19-70(20-32-76)100-85(43-109)61(7)118-62(8)86(100)44-110)96(54-126-78-35-23-72(24-36-78)102-89(47-113)65(11)120-66(12)90(102)48-114)95(53-125-77-33-21-71(22-34-77)101-87(45-111)63(9)119-64(10)88(101)46-112)93(91)51-123-75-29-17-69(18-30-75)99-83(41-107)59(5)117-60(6)84(99)42-108/h13-36,97-102,115-120H,49-54H2,1-12H3. The number of rotatable bonds is 24. The number of hydrogen-bond acceptors (Lipinski definition) is 24. The zero-order valence-corrected chi connectivity index (χ0v) is 71.4. The summed E-state index contributed by atoms with van der Waals surface area (Å²) in [6, 6.07) is 70.9. The van der Waals surface area contributed by atoms with Gasteiger partial charge in [-0.25, -0.2) is 0 Å². The maximum atomic E-state index is 10.6. The third-order valence-electron chi connectivity index (χ3n) is 23.8. The van der Waals surface area contributed by atoms with E-state index in [-0.39, 0.29) is 39.6 Å². The number of nitrogens with zero attached hydrogens (tertiary/aromatic N) is 12. The molecule has 7 aromatic rings. The highest BCUT2D eigenvalue weighted by Crippen LogP contribution is 2.46. The van der Waals surface area contributed by atoms with Gasteiger partial charge in [-0.1, -0.05) is 72.8 Å². The Balaban J connectivity index is 1.04. The van der Waals surface area contributed by atoms with Crippen LogP contribution in [-0.4, -0.2) is 0 Å². The molecule has 0 radical (unpaired) electrons. The largest absolute Gasteiger partial charge is 0.489 e. The molecular weight excluding hydrogens is 1570 g/mol. The smallest absolute Gasteiger partial charge is 0.119 e. The molecule has 126 heavy (non-hydrogen) atoms. The Kier molecular flexibility index (Phi) is 25.9. The predicted octanol–water partition coefficient (Wildman–Crippen LogP) is 18.9. The minimum Gasteiger partial charge on any atom is -0.489 e. The van der Waals surface area contributed by atoms with Crippen molar-refractivity contribution in [2.24, 2.45) is 0 Å². The van der Waals surface area contributed by atoms with Crippen molar-refractivity contribution < 1.29 is 28.4 Å². The second-order valence-corrected chi connectivity index (χ2v) is 31.2. The van der Waals surface area contributed by atoms with E-state index < -0.39 is 35.5 Å². The quantitative estimate of drug-likeness (QED) is 0.0327. The summed E-state index contributed by atoms with van der Waals surface area (Å²) in [5, 5.41) is 146. The fraction of sp³-hybridized carbons (Fsp3) is 0.235. The predicted molar refractivity (Wildman–Crippen MR) is 466 cm³/mol. The molecule has 0 fully saturated rings. The monoisotopic (exact) mass is 1660 g/mol. The van der Waals surface area contributed by atoms with Crippen molar-refractivity contribution in [1.29, 1.82) is 63.1 Å². The topological polar surface area (TPSA) is 413 Å². The van der Waals surface area contributed by atoms with Crippen LogP contribution in [0.15, 0.2) is 281 Å². The first kappa shape index (κ1) is 86.7. The van der Waals surface area contributed by atoms with E-state index in [4.69, 9.17) is 28.4 Å². The summed E-state index contributed by atoms with van der Waals surface area (Å²) in [6.45, 7) is 20.1. The molecule has 0 atom stereocenters. The second-order valence-electron chi connectivity index (χ2n) is 31.2. The van der Waals surface area contributed by atoms with Crippen LogP contribution in [0, 0.1) is 136 Å². The zero-order valence-electron chi connectivity index (χ0n) is 71.4. The lowest BCUT2D eigenvalue weighted by atomic mass is 9.81. The van der Waals surface area contributed by atoms with E-state index in [1.54, 1.807) is 156 Å². The molecule has 0 spiro atoms. The minimum atomic E-state index is -0.695. The molecular formula is C102H84N18O6. The van der Waals surface area contributed by atoms with E-state index in [2.05, 4.69) is 105 Å². The highest BCUT2D eigenvalue weighted by atomic mass is 16.5.